The first kappa shape index (κ1) is 14.5. The fraction of sp³-hybridized carbons (Fsp3) is 0.167. The number of pyridine rings is 1. The molecule has 6 heteroatoms. The first-order chi connectivity index (χ1) is 4.61. The van der Waals surface area contributed by atoms with Crippen molar-refractivity contribution < 1.29 is 25.6 Å². The van der Waals surface area contributed by atoms with E-state index in [1.165, 1.54) is 0 Å². The number of aromatic nitrogens is 1. The summed E-state index contributed by atoms with van der Waals surface area (Å²) in [6, 6.07) is 1.70. The van der Waals surface area contributed by atoms with Gasteiger partial charge in [-0.05, 0) is 0 Å². The largest absolute Gasteiger partial charge is 2.00 e. The van der Waals surface area contributed by atoms with Gasteiger partial charge in [-0.1, -0.05) is 18.0 Å². The van der Waals surface area contributed by atoms with E-state index >= 15 is 0 Å². The van der Waals surface area contributed by atoms with E-state index in [9.17, 15) is 13.2 Å². The van der Waals surface area contributed by atoms with E-state index in [0.717, 1.165) is 18.3 Å². The predicted octanol–water partition coefficient (Wildman–Crippen LogP) is -1.48. The van der Waals surface area contributed by atoms with Gasteiger partial charge in [-0.25, -0.2) is 0 Å². The van der Waals surface area contributed by atoms with E-state index in [4.69, 9.17) is 0 Å². The summed E-state index contributed by atoms with van der Waals surface area (Å²) in [5, 5.41) is 0. The minimum atomic E-state index is -4.28. The van der Waals surface area contributed by atoms with E-state index < -0.39 is 11.7 Å². The Bertz CT molecular complexity index is 214. The molecule has 1 aromatic heterocycles. The van der Waals surface area contributed by atoms with Crippen LogP contribution in [0.15, 0.2) is 18.3 Å². The van der Waals surface area contributed by atoms with Gasteiger partial charge in [0.2, 0.25) is 0 Å². The molecule has 0 bridgehead atoms. The van der Waals surface area contributed by atoms with Crippen molar-refractivity contribution in [3.05, 3.63) is 30.1 Å². The molecule has 0 spiro atoms. The molecule has 1 heterocycles. The van der Waals surface area contributed by atoms with Gasteiger partial charge < -0.3 is 17.4 Å². The minimum Gasteiger partial charge on any atom is -1.00 e. The molecule has 0 unspecified atom stereocenters. The maximum absolute atomic E-state index is 11.7. The zero-order valence-corrected chi connectivity index (χ0v) is 8.07. The second-order valence-corrected chi connectivity index (χ2v) is 1.67. The molecule has 0 aliphatic rings. The van der Waals surface area contributed by atoms with Crippen LogP contribution in [0.2, 0.25) is 0 Å². The van der Waals surface area contributed by atoms with Gasteiger partial charge in [0.25, 0.3) is 0 Å². The standard InChI is InChI=1S/C6H3F3N.ClH.Mg/c7-6(8,9)5-1-3-10-4-2-5;;/h1-3H;1H;/q-1;;+2/p-1. The first-order valence-electron chi connectivity index (χ1n) is 2.50. The number of rotatable bonds is 0. The molecule has 0 aliphatic heterocycles. The van der Waals surface area contributed by atoms with Crippen molar-refractivity contribution in [1.29, 1.82) is 0 Å². The van der Waals surface area contributed by atoms with Crippen LogP contribution < -0.4 is 12.4 Å². The zero-order valence-electron chi connectivity index (χ0n) is 5.90. The van der Waals surface area contributed by atoms with Gasteiger partial charge >= 0.3 is 29.2 Å². The van der Waals surface area contributed by atoms with Crippen molar-refractivity contribution in [2.24, 2.45) is 0 Å². The Balaban J connectivity index is 0. The third-order valence-corrected chi connectivity index (χ3v) is 0.951. The fourth-order valence-corrected chi connectivity index (χ4v) is 0.492. The molecule has 0 aliphatic carbocycles. The minimum absolute atomic E-state index is 0. The van der Waals surface area contributed by atoms with E-state index in [2.05, 4.69) is 11.2 Å². The van der Waals surface area contributed by atoms with Crippen molar-refractivity contribution >= 4 is 23.1 Å². The summed E-state index contributed by atoms with van der Waals surface area (Å²) in [6.45, 7) is 0. The average Bonchev–Trinajstić information content (AvgIpc) is 1.88. The normalized spacial score (nSPS) is 9.58. The van der Waals surface area contributed by atoms with Crippen molar-refractivity contribution in [3.8, 4) is 0 Å². The molecular weight excluding hydrogens is 203 g/mol. The Morgan fingerprint density at radius 1 is 1.33 bits per heavy atom. The summed E-state index contributed by atoms with van der Waals surface area (Å²) in [4.78, 5) is 3.33. The Hall–Kier alpha value is -0.00377. The molecule has 1 rings (SSSR count). The molecular formula is C6H3ClF3MgN. The molecule has 0 saturated carbocycles. The average molecular weight is 206 g/mol. The van der Waals surface area contributed by atoms with Crippen LogP contribution in [0.3, 0.4) is 0 Å². The Labute approximate surface area is 89.9 Å². The maximum Gasteiger partial charge on any atom is 2.00 e. The number of hydrogen-bond donors (Lipinski definition) is 0. The monoisotopic (exact) mass is 205 g/mol. The third-order valence-electron chi connectivity index (χ3n) is 0.951. The van der Waals surface area contributed by atoms with Gasteiger partial charge in [0, 0.05) is 0 Å². The summed E-state index contributed by atoms with van der Waals surface area (Å²) in [7, 11) is 0. The molecule has 62 valence electrons. The second-order valence-electron chi connectivity index (χ2n) is 1.67. The van der Waals surface area contributed by atoms with Crippen LogP contribution in [0.1, 0.15) is 5.56 Å². The molecule has 1 nitrogen and oxygen atoms in total. The summed E-state index contributed by atoms with van der Waals surface area (Å²) < 4.78 is 35.2. The Kier molecular flexibility index (Phi) is 6.79. The van der Waals surface area contributed by atoms with Crippen LogP contribution in [0, 0.1) is 6.20 Å². The number of nitrogens with zero attached hydrogens (tertiary/aromatic N) is 1. The molecule has 0 aromatic carbocycles. The van der Waals surface area contributed by atoms with Gasteiger partial charge in [-0.2, -0.15) is 13.2 Å². The Morgan fingerprint density at radius 3 is 2.17 bits per heavy atom. The maximum atomic E-state index is 11.7. The van der Waals surface area contributed by atoms with Crippen molar-refractivity contribution in [2.75, 3.05) is 0 Å². The van der Waals surface area contributed by atoms with Crippen LogP contribution in [-0.4, -0.2) is 28.0 Å². The third kappa shape index (κ3) is 4.13. The second kappa shape index (κ2) is 5.61. The Morgan fingerprint density at radius 2 is 1.92 bits per heavy atom. The summed E-state index contributed by atoms with van der Waals surface area (Å²) in [5.74, 6) is 0. The molecule has 0 radical (unpaired) electrons. The van der Waals surface area contributed by atoms with E-state index in [-0.39, 0.29) is 35.5 Å². The van der Waals surface area contributed by atoms with E-state index in [0.29, 0.717) is 0 Å². The van der Waals surface area contributed by atoms with Crippen molar-refractivity contribution in [1.82, 2.24) is 4.98 Å². The van der Waals surface area contributed by atoms with Gasteiger partial charge in [0.05, 0.1) is 0 Å². The van der Waals surface area contributed by atoms with Crippen LogP contribution in [0.5, 0.6) is 0 Å². The fourth-order valence-electron chi connectivity index (χ4n) is 0.492. The number of hydrogen-bond acceptors (Lipinski definition) is 1. The van der Waals surface area contributed by atoms with Crippen LogP contribution >= 0.6 is 0 Å². The van der Waals surface area contributed by atoms with Crippen LogP contribution in [-0.2, 0) is 6.18 Å². The molecule has 1 aromatic rings. The summed E-state index contributed by atoms with van der Waals surface area (Å²) in [6.07, 6.45) is -1.12. The summed E-state index contributed by atoms with van der Waals surface area (Å²) in [5.41, 5.74) is -0.720. The summed E-state index contributed by atoms with van der Waals surface area (Å²) >= 11 is 0. The topological polar surface area (TPSA) is 12.9 Å². The predicted molar refractivity (Wildman–Crippen MR) is 33.8 cm³/mol. The van der Waals surface area contributed by atoms with Gasteiger partial charge in [-0.15, -0.1) is 12.1 Å². The molecule has 0 fully saturated rings. The molecule has 12 heavy (non-hydrogen) atoms. The molecule has 0 amide bonds. The quantitative estimate of drug-likeness (QED) is 0.372. The van der Waals surface area contributed by atoms with Crippen LogP contribution in [0.25, 0.3) is 0 Å². The van der Waals surface area contributed by atoms with Crippen LogP contribution in [0.4, 0.5) is 13.2 Å². The van der Waals surface area contributed by atoms with Gasteiger partial charge in [0.1, 0.15) is 0 Å². The molecule has 0 N–H and O–H groups in total. The molecule has 0 saturated heterocycles. The van der Waals surface area contributed by atoms with Crippen molar-refractivity contribution in [2.45, 2.75) is 6.18 Å². The van der Waals surface area contributed by atoms with E-state index in [1.807, 2.05) is 0 Å². The SMILES string of the molecule is FC(F)(F)c1c[c-]ncc1.[Cl-].[Mg+2]. The number of alkyl halides is 3. The van der Waals surface area contributed by atoms with Gasteiger partial charge in [-0.3, -0.25) is 0 Å². The molecule has 0 atom stereocenters. The first-order valence-corrected chi connectivity index (χ1v) is 2.50. The van der Waals surface area contributed by atoms with Gasteiger partial charge in [0.15, 0.2) is 0 Å². The number of halogens is 4. The zero-order chi connectivity index (χ0) is 7.61. The van der Waals surface area contributed by atoms with Crippen molar-refractivity contribution in [3.63, 3.8) is 0 Å². The smallest absolute Gasteiger partial charge is 1.00 e. The van der Waals surface area contributed by atoms with E-state index in [1.54, 1.807) is 0 Å².